The van der Waals surface area contributed by atoms with Crippen molar-refractivity contribution < 1.29 is 14.4 Å². The van der Waals surface area contributed by atoms with E-state index in [0.717, 1.165) is 16.9 Å². The van der Waals surface area contributed by atoms with Gasteiger partial charge in [-0.15, -0.1) is 11.3 Å². The van der Waals surface area contributed by atoms with Crippen LogP contribution < -0.4 is 10.6 Å². The maximum atomic E-state index is 12.3. The lowest BCUT2D eigenvalue weighted by Gasteiger charge is -2.07. The lowest BCUT2D eigenvalue weighted by molar-refractivity contribution is -0.116. The summed E-state index contributed by atoms with van der Waals surface area (Å²) in [5, 5.41) is 8.00. The molecule has 3 aromatic rings. The second-order valence-electron chi connectivity index (χ2n) is 6.71. The summed E-state index contributed by atoms with van der Waals surface area (Å²) in [5.41, 5.74) is 2.04. The smallest absolute Gasteiger partial charge is 0.265 e. The summed E-state index contributed by atoms with van der Waals surface area (Å²) in [6, 6.07) is 9.43. The Balaban J connectivity index is 1.54. The maximum Gasteiger partial charge on any atom is 0.265 e. The van der Waals surface area contributed by atoms with E-state index in [1.165, 1.54) is 16.2 Å². The largest absolute Gasteiger partial charge is 0.344 e. The number of thiazole rings is 2. The van der Waals surface area contributed by atoms with E-state index in [1.807, 2.05) is 30.3 Å². The quantitative estimate of drug-likeness (QED) is 0.584. The van der Waals surface area contributed by atoms with Crippen LogP contribution in [0.25, 0.3) is 0 Å². The average molecular weight is 444 g/mol. The van der Waals surface area contributed by atoms with Crippen LogP contribution in [0.15, 0.2) is 35.7 Å². The number of carbonyl (C=O) groups excluding carboxylic acids is 3. The molecule has 0 bridgehead atoms. The first-order chi connectivity index (χ1) is 14.3. The summed E-state index contributed by atoms with van der Waals surface area (Å²) in [6.45, 7) is 1.73. The van der Waals surface area contributed by atoms with Crippen LogP contribution in [0.2, 0.25) is 0 Å². The predicted octanol–water partition coefficient (Wildman–Crippen LogP) is 2.97. The summed E-state index contributed by atoms with van der Waals surface area (Å²) in [7, 11) is 3.33. The van der Waals surface area contributed by atoms with Gasteiger partial charge in [0.15, 0.2) is 10.3 Å². The van der Waals surface area contributed by atoms with Crippen LogP contribution in [0.1, 0.15) is 26.6 Å². The number of amides is 3. The topological polar surface area (TPSA) is 104 Å². The number of rotatable bonds is 7. The van der Waals surface area contributed by atoms with Crippen LogP contribution in [-0.4, -0.2) is 46.7 Å². The molecule has 10 heteroatoms. The molecular weight excluding hydrogens is 422 g/mol. The lowest BCUT2D eigenvalue weighted by Crippen LogP contribution is -2.21. The van der Waals surface area contributed by atoms with Crippen molar-refractivity contribution in [3.63, 3.8) is 0 Å². The predicted molar refractivity (Wildman–Crippen MR) is 118 cm³/mol. The number of aryl methyl sites for hydroxylation is 1. The minimum atomic E-state index is -0.292. The molecule has 156 valence electrons. The standard InChI is InChI=1S/C20H21N5O3S2/c1-12-17(18(28)25(2)3)30-20(21-12)24-16(27)10-14-11-29-19(22-14)23-15(26)9-13-7-5-4-6-8-13/h4-8,11H,9-10H2,1-3H3,(H,21,24,27)(H,22,23,26). The number of hydrogen-bond donors (Lipinski definition) is 2. The molecule has 2 aromatic heterocycles. The van der Waals surface area contributed by atoms with Crippen molar-refractivity contribution in [1.29, 1.82) is 0 Å². The van der Waals surface area contributed by atoms with Gasteiger partial charge < -0.3 is 15.5 Å². The summed E-state index contributed by atoms with van der Waals surface area (Å²) in [4.78, 5) is 47.0. The third-order valence-electron chi connectivity index (χ3n) is 3.99. The Labute approximate surface area is 182 Å². The molecule has 0 aliphatic heterocycles. The third-order valence-corrected chi connectivity index (χ3v) is 5.86. The molecule has 0 saturated carbocycles. The first-order valence-electron chi connectivity index (χ1n) is 9.09. The molecule has 0 aliphatic carbocycles. The molecule has 0 atom stereocenters. The van der Waals surface area contributed by atoms with Gasteiger partial charge in [-0.25, -0.2) is 9.97 Å². The highest BCUT2D eigenvalue weighted by Crippen LogP contribution is 2.24. The first-order valence-corrected chi connectivity index (χ1v) is 10.8. The van der Waals surface area contributed by atoms with Gasteiger partial charge in [0.25, 0.3) is 5.91 Å². The van der Waals surface area contributed by atoms with E-state index in [2.05, 4.69) is 20.6 Å². The highest BCUT2D eigenvalue weighted by Gasteiger charge is 2.18. The van der Waals surface area contributed by atoms with E-state index in [0.29, 0.717) is 26.5 Å². The zero-order valence-corrected chi connectivity index (χ0v) is 18.4. The number of anilines is 2. The second kappa shape index (κ2) is 9.59. The van der Waals surface area contributed by atoms with Crippen LogP contribution in [0.3, 0.4) is 0 Å². The van der Waals surface area contributed by atoms with Crippen molar-refractivity contribution >= 4 is 50.7 Å². The molecule has 2 heterocycles. The fraction of sp³-hybridized carbons (Fsp3) is 0.250. The van der Waals surface area contributed by atoms with Crippen molar-refractivity contribution in [3.8, 4) is 0 Å². The van der Waals surface area contributed by atoms with Gasteiger partial charge in [-0.05, 0) is 12.5 Å². The van der Waals surface area contributed by atoms with E-state index in [1.54, 1.807) is 26.4 Å². The molecule has 8 nitrogen and oxygen atoms in total. The Kier molecular flexibility index (Phi) is 6.91. The van der Waals surface area contributed by atoms with Gasteiger partial charge >= 0.3 is 0 Å². The maximum absolute atomic E-state index is 12.3. The zero-order chi connectivity index (χ0) is 21.7. The molecule has 0 saturated heterocycles. The van der Waals surface area contributed by atoms with Gasteiger partial charge in [0, 0.05) is 19.5 Å². The van der Waals surface area contributed by atoms with Crippen LogP contribution in [0.4, 0.5) is 10.3 Å². The monoisotopic (exact) mass is 443 g/mol. The fourth-order valence-electron chi connectivity index (χ4n) is 2.57. The van der Waals surface area contributed by atoms with Crippen molar-refractivity contribution in [3.05, 3.63) is 57.5 Å². The minimum absolute atomic E-state index is 0.0423. The van der Waals surface area contributed by atoms with E-state index in [-0.39, 0.29) is 30.6 Å². The molecule has 3 amide bonds. The van der Waals surface area contributed by atoms with Crippen LogP contribution in [0, 0.1) is 6.92 Å². The minimum Gasteiger partial charge on any atom is -0.344 e. The summed E-state index contributed by atoms with van der Waals surface area (Å²) < 4.78 is 0. The Morgan fingerprint density at radius 1 is 0.967 bits per heavy atom. The Hall–Kier alpha value is -3.11. The van der Waals surface area contributed by atoms with E-state index < -0.39 is 0 Å². The van der Waals surface area contributed by atoms with Gasteiger partial charge in [0.1, 0.15) is 4.88 Å². The first kappa shape index (κ1) is 21.6. The fourth-order valence-corrected chi connectivity index (χ4v) is 4.30. The molecule has 0 radical (unpaired) electrons. The van der Waals surface area contributed by atoms with Crippen LogP contribution in [0.5, 0.6) is 0 Å². The van der Waals surface area contributed by atoms with E-state index in [9.17, 15) is 14.4 Å². The van der Waals surface area contributed by atoms with Crippen molar-refractivity contribution in [2.45, 2.75) is 19.8 Å². The highest BCUT2D eigenvalue weighted by atomic mass is 32.1. The van der Waals surface area contributed by atoms with Gasteiger partial charge in [0.05, 0.1) is 24.2 Å². The third kappa shape index (κ3) is 5.71. The molecule has 3 rings (SSSR count). The number of hydrogen-bond acceptors (Lipinski definition) is 7. The lowest BCUT2D eigenvalue weighted by atomic mass is 10.1. The number of nitrogens with one attached hydrogen (secondary N) is 2. The second-order valence-corrected chi connectivity index (χ2v) is 8.57. The molecule has 0 fully saturated rings. The van der Waals surface area contributed by atoms with Crippen molar-refractivity contribution in [2.24, 2.45) is 0 Å². The van der Waals surface area contributed by atoms with Crippen molar-refractivity contribution in [1.82, 2.24) is 14.9 Å². The summed E-state index contributed by atoms with van der Waals surface area (Å²) >= 11 is 2.40. The normalized spacial score (nSPS) is 10.5. The summed E-state index contributed by atoms with van der Waals surface area (Å²) in [5.74, 6) is -0.608. The Morgan fingerprint density at radius 2 is 1.63 bits per heavy atom. The van der Waals surface area contributed by atoms with Gasteiger partial charge in [-0.2, -0.15) is 0 Å². The van der Waals surface area contributed by atoms with Gasteiger partial charge in [-0.1, -0.05) is 41.7 Å². The number of benzene rings is 1. The molecular formula is C20H21N5O3S2. The Bertz CT molecular complexity index is 1060. The molecule has 0 unspecified atom stereocenters. The zero-order valence-electron chi connectivity index (χ0n) is 16.8. The molecule has 0 spiro atoms. The Morgan fingerprint density at radius 3 is 2.33 bits per heavy atom. The average Bonchev–Trinajstić information content (AvgIpc) is 3.27. The van der Waals surface area contributed by atoms with E-state index >= 15 is 0 Å². The van der Waals surface area contributed by atoms with Crippen LogP contribution in [-0.2, 0) is 22.4 Å². The molecule has 2 N–H and O–H groups in total. The van der Waals surface area contributed by atoms with Crippen molar-refractivity contribution in [2.75, 3.05) is 24.7 Å². The SMILES string of the molecule is Cc1nc(NC(=O)Cc2csc(NC(=O)Cc3ccccc3)n2)sc1C(=O)N(C)C. The summed E-state index contributed by atoms with van der Waals surface area (Å²) in [6.07, 6.45) is 0.300. The highest BCUT2D eigenvalue weighted by molar-refractivity contribution is 7.17. The van der Waals surface area contributed by atoms with Gasteiger partial charge in [-0.3, -0.25) is 14.4 Å². The number of carbonyl (C=O) groups is 3. The van der Waals surface area contributed by atoms with Gasteiger partial charge in [0.2, 0.25) is 11.8 Å². The molecule has 30 heavy (non-hydrogen) atoms. The molecule has 0 aliphatic rings. The number of nitrogens with zero attached hydrogens (tertiary/aromatic N) is 3. The molecule has 1 aromatic carbocycles. The number of aromatic nitrogens is 2. The van der Waals surface area contributed by atoms with E-state index in [4.69, 9.17) is 0 Å². The van der Waals surface area contributed by atoms with Crippen LogP contribution >= 0.6 is 22.7 Å².